The van der Waals surface area contributed by atoms with Crippen LogP contribution >= 0.6 is 11.6 Å². The Bertz CT molecular complexity index is 1290. The number of rotatable bonds is 7. The molecule has 31 heavy (non-hydrogen) atoms. The second-order valence-electron chi connectivity index (χ2n) is 6.75. The minimum atomic E-state index is -3.78. The van der Waals surface area contributed by atoms with Gasteiger partial charge >= 0.3 is 5.97 Å². The molecule has 1 aromatic heterocycles. The lowest BCUT2D eigenvalue weighted by Crippen LogP contribution is -2.30. The molecule has 8 nitrogen and oxygen atoms in total. The lowest BCUT2D eigenvalue weighted by atomic mass is 10.2. The molecular formula is C21H22ClN3O5S. The molecule has 3 aromatic rings. The number of carbonyl (C=O) groups excluding carboxylic acids is 1. The topological polar surface area (TPSA) is 109 Å². The first-order valence-corrected chi connectivity index (χ1v) is 11.5. The van der Waals surface area contributed by atoms with Crippen molar-refractivity contribution in [2.24, 2.45) is 0 Å². The van der Waals surface area contributed by atoms with Crippen LogP contribution in [0.5, 0.6) is 0 Å². The number of ether oxygens (including phenoxy) is 1. The smallest absolute Gasteiger partial charge is 0.340 e. The predicted molar refractivity (Wildman–Crippen MR) is 118 cm³/mol. The molecule has 1 heterocycles. The summed E-state index contributed by atoms with van der Waals surface area (Å²) in [7, 11) is -3.78. The maximum Gasteiger partial charge on any atom is 0.340 e. The average molecular weight is 464 g/mol. The monoisotopic (exact) mass is 463 g/mol. The highest BCUT2D eigenvalue weighted by molar-refractivity contribution is 7.89. The SMILES string of the molecule is CCN(CC)S(=O)(=O)c1ccc(Cl)c(C(=O)OC(C)c2nc3ccccc3c(=O)[nH]2)c1. The maximum atomic E-state index is 12.8. The molecule has 0 saturated carbocycles. The zero-order valence-electron chi connectivity index (χ0n) is 17.3. The van der Waals surface area contributed by atoms with Crippen LogP contribution in [0.15, 0.2) is 52.2 Å². The Labute approximate surface area is 184 Å². The zero-order valence-corrected chi connectivity index (χ0v) is 18.8. The molecule has 2 aromatic carbocycles. The fourth-order valence-electron chi connectivity index (χ4n) is 3.11. The van der Waals surface area contributed by atoms with E-state index in [0.717, 1.165) is 0 Å². The van der Waals surface area contributed by atoms with Crippen molar-refractivity contribution >= 4 is 38.5 Å². The summed E-state index contributed by atoms with van der Waals surface area (Å²) < 4.78 is 32.2. The van der Waals surface area contributed by atoms with Crippen LogP contribution in [0.2, 0.25) is 5.02 Å². The number of nitrogens with zero attached hydrogens (tertiary/aromatic N) is 2. The van der Waals surface area contributed by atoms with Crippen molar-refractivity contribution in [1.29, 1.82) is 0 Å². The Balaban J connectivity index is 1.91. The summed E-state index contributed by atoms with van der Waals surface area (Å²) in [5, 5.41) is 0.470. The number of carbonyl (C=O) groups is 1. The summed E-state index contributed by atoms with van der Waals surface area (Å²) in [6.07, 6.45) is -0.899. The van der Waals surface area contributed by atoms with Gasteiger partial charge in [0.1, 0.15) is 0 Å². The van der Waals surface area contributed by atoms with E-state index in [1.165, 1.54) is 22.5 Å². The first kappa shape index (κ1) is 22.9. The molecule has 0 aliphatic rings. The van der Waals surface area contributed by atoms with Gasteiger partial charge in [0.05, 0.1) is 26.4 Å². The van der Waals surface area contributed by atoms with Crippen LogP contribution in [-0.4, -0.2) is 41.7 Å². The van der Waals surface area contributed by atoms with Gasteiger partial charge in [-0.1, -0.05) is 37.6 Å². The van der Waals surface area contributed by atoms with E-state index >= 15 is 0 Å². The highest BCUT2D eigenvalue weighted by atomic mass is 35.5. The summed E-state index contributed by atoms with van der Waals surface area (Å²) in [5.41, 5.74) is 0.0215. The number of hydrogen-bond acceptors (Lipinski definition) is 6. The van der Waals surface area contributed by atoms with Gasteiger partial charge in [0.15, 0.2) is 11.9 Å². The molecular weight excluding hydrogens is 442 g/mol. The molecule has 1 N–H and O–H groups in total. The Morgan fingerprint density at radius 1 is 1.19 bits per heavy atom. The second-order valence-corrected chi connectivity index (χ2v) is 9.09. The highest BCUT2D eigenvalue weighted by Gasteiger charge is 2.25. The summed E-state index contributed by atoms with van der Waals surface area (Å²) in [4.78, 5) is 31.9. The minimum Gasteiger partial charge on any atom is -0.451 e. The zero-order chi connectivity index (χ0) is 22.8. The van der Waals surface area contributed by atoms with E-state index in [9.17, 15) is 18.0 Å². The number of sulfonamides is 1. The number of para-hydroxylation sites is 1. The number of nitrogens with one attached hydrogen (secondary N) is 1. The molecule has 10 heteroatoms. The van der Waals surface area contributed by atoms with Crippen LogP contribution < -0.4 is 5.56 Å². The van der Waals surface area contributed by atoms with Crippen molar-refractivity contribution in [3.05, 3.63) is 69.2 Å². The van der Waals surface area contributed by atoms with Crippen molar-refractivity contribution < 1.29 is 17.9 Å². The molecule has 0 amide bonds. The lowest BCUT2D eigenvalue weighted by Gasteiger charge is -2.19. The molecule has 1 unspecified atom stereocenters. The van der Waals surface area contributed by atoms with Gasteiger partial charge in [0.2, 0.25) is 10.0 Å². The molecule has 0 saturated heterocycles. The van der Waals surface area contributed by atoms with Crippen LogP contribution in [0, 0.1) is 0 Å². The summed E-state index contributed by atoms with van der Waals surface area (Å²) in [6.45, 7) is 5.59. The predicted octanol–water partition coefficient (Wildman–Crippen LogP) is 3.53. The van der Waals surface area contributed by atoms with Crippen molar-refractivity contribution in [2.75, 3.05) is 13.1 Å². The molecule has 164 valence electrons. The van der Waals surface area contributed by atoms with E-state index in [2.05, 4.69) is 9.97 Å². The summed E-state index contributed by atoms with van der Waals surface area (Å²) in [5.74, 6) is -0.662. The van der Waals surface area contributed by atoms with E-state index in [-0.39, 0.29) is 26.9 Å². The largest absolute Gasteiger partial charge is 0.451 e. The number of halogens is 1. The number of H-pyrrole nitrogens is 1. The van der Waals surface area contributed by atoms with Gasteiger partial charge in [-0.05, 0) is 37.3 Å². The van der Waals surface area contributed by atoms with Gasteiger partial charge in [-0.3, -0.25) is 4.79 Å². The third-order valence-electron chi connectivity index (χ3n) is 4.80. The third-order valence-corrected chi connectivity index (χ3v) is 7.18. The first-order chi connectivity index (χ1) is 14.7. The van der Waals surface area contributed by atoms with E-state index in [0.29, 0.717) is 24.0 Å². The molecule has 3 rings (SSSR count). The first-order valence-electron chi connectivity index (χ1n) is 9.68. The van der Waals surface area contributed by atoms with Gasteiger partial charge < -0.3 is 9.72 Å². The fraction of sp³-hybridized carbons (Fsp3) is 0.286. The number of esters is 1. The van der Waals surface area contributed by atoms with Crippen LogP contribution in [-0.2, 0) is 14.8 Å². The fourth-order valence-corrected chi connectivity index (χ4v) is 4.79. The molecule has 0 radical (unpaired) electrons. The number of hydrogen-bond donors (Lipinski definition) is 1. The van der Waals surface area contributed by atoms with Crippen molar-refractivity contribution in [1.82, 2.24) is 14.3 Å². The van der Waals surface area contributed by atoms with Crippen molar-refractivity contribution in [2.45, 2.75) is 31.8 Å². The van der Waals surface area contributed by atoms with Crippen LogP contribution in [0.25, 0.3) is 10.9 Å². The molecule has 0 bridgehead atoms. The highest BCUT2D eigenvalue weighted by Crippen LogP contribution is 2.25. The number of benzene rings is 2. The van der Waals surface area contributed by atoms with Gasteiger partial charge in [-0.2, -0.15) is 4.31 Å². The Hall–Kier alpha value is -2.75. The molecule has 0 fully saturated rings. The average Bonchev–Trinajstić information content (AvgIpc) is 2.74. The normalized spacial score (nSPS) is 12.8. The van der Waals surface area contributed by atoms with E-state index in [4.69, 9.17) is 16.3 Å². The van der Waals surface area contributed by atoms with Crippen molar-refractivity contribution in [3.8, 4) is 0 Å². The number of aromatic amines is 1. The van der Waals surface area contributed by atoms with E-state index in [1.807, 2.05) is 0 Å². The van der Waals surface area contributed by atoms with Gasteiger partial charge in [-0.25, -0.2) is 18.2 Å². The second kappa shape index (κ2) is 9.17. The van der Waals surface area contributed by atoms with E-state index < -0.39 is 22.1 Å². The Morgan fingerprint density at radius 3 is 2.55 bits per heavy atom. The minimum absolute atomic E-state index is 0.0515. The third kappa shape index (κ3) is 4.63. The number of aromatic nitrogens is 2. The molecule has 1 atom stereocenters. The van der Waals surface area contributed by atoms with Crippen LogP contribution in [0.1, 0.15) is 43.1 Å². The summed E-state index contributed by atoms with van der Waals surface area (Å²) in [6, 6.07) is 10.7. The van der Waals surface area contributed by atoms with Gasteiger partial charge in [-0.15, -0.1) is 0 Å². The molecule has 0 aliphatic carbocycles. The molecule has 0 aliphatic heterocycles. The van der Waals surface area contributed by atoms with Crippen molar-refractivity contribution in [3.63, 3.8) is 0 Å². The standard InChI is InChI=1S/C21H22ClN3O5S/c1-4-25(5-2)31(28,29)14-10-11-17(22)16(12-14)21(27)30-13(3)19-23-18-9-7-6-8-15(18)20(26)24-19/h6-13H,4-5H2,1-3H3,(H,23,24,26). The van der Waals surface area contributed by atoms with Crippen LogP contribution in [0.4, 0.5) is 0 Å². The van der Waals surface area contributed by atoms with E-state index in [1.54, 1.807) is 45.0 Å². The van der Waals surface area contributed by atoms with Gasteiger partial charge in [0.25, 0.3) is 5.56 Å². The maximum absolute atomic E-state index is 12.8. The lowest BCUT2D eigenvalue weighted by molar-refractivity contribution is 0.0320. The van der Waals surface area contributed by atoms with Crippen LogP contribution in [0.3, 0.4) is 0 Å². The number of fused-ring (bicyclic) bond motifs is 1. The molecule has 0 spiro atoms. The Kier molecular flexibility index (Phi) is 6.78. The quantitative estimate of drug-likeness (QED) is 0.537. The Morgan fingerprint density at radius 2 is 1.87 bits per heavy atom. The van der Waals surface area contributed by atoms with Gasteiger partial charge in [0, 0.05) is 13.1 Å². The summed E-state index contributed by atoms with van der Waals surface area (Å²) >= 11 is 6.14.